The first kappa shape index (κ1) is 12.6. The van der Waals surface area contributed by atoms with E-state index in [-0.39, 0.29) is 13.0 Å². The predicted molar refractivity (Wildman–Crippen MR) is 56.3 cm³/mol. The molecule has 1 aromatic carbocycles. The average molecular weight is 227 g/mol. The number of hydrogen-bond donors (Lipinski definition) is 2. The summed E-state index contributed by atoms with van der Waals surface area (Å²) in [6, 6.07) is 3.73. The van der Waals surface area contributed by atoms with Gasteiger partial charge in [0.05, 0.1) is 13.0 Å². The summed E-state index contributed by atoms with van der Waals surface area (Å²) in [5.41, 5.74) is 6.51. The minimum Gasteiger partial charge on any atom is -0.481 e. The minimum atomic E-state index is -1.01. The molecule has 5 heteroatoms. The summed E-state index contributed by atoms with van der Waals surface area (Å²) < 4.78 is 18.3. The van der Waals surface area contributed by atoms with Crippen molar-refractivity contribution >= 4 is 5.97 Å². The quantitative estimate of drug-likeness (QED) is 0.798. The largest absolute Gasteiger partial charge is 0.481 e. The van der Waals surface area contributed by atoms with Crippen LogP contribution in [0.15, 0.2) is 18.2 Å². The van der Waals surface area contributed by atoms with Gasteiger partial charge in [-0.15, -0.1) is 0 Å². The molecule has 88 valence electrons. The lowest BCUT2D eigenvalue weighted by atomic mass is 10.0. The molecule has 0 aliphatic rings. The Balaban J connectivity index is 2.83. The van der Waals surface area contributed by atoms with Crippen molar-refractivity contribution < 1.29 is 19.0 Å². The molecule has 0 aliphatic carbocycles. The van der Waals surface area contributed by atoms with Crippen LogP contribution in [-0.4, -0.2) is 18.2 Å². The van der Waals surface area contributed by atoms with E-state index in [9.17, 15) is 9.18 Å². The van der Waals surface area contributed by atoms with Crippen LogP contribution in [0.25, 0.3) is 0 Å². The van der Waals surface area contributed by atoms with Gasteiger partial charge in [0.15, 0.2) is 0 Å². The van der Waals surface area contributed by atoms with Crippen molar-refractivity contribution in [2.24, 2.45) is 5.73 Å². The Morgan fingerprint density at radius 2 is 2.31 bits per heavy atom. The molecule has 1 unspecified atom stereocenters. The van der Waals surface area contributed by atoms with E-state index in [1.54, 1.807) is 12.1 Å². The van der Waals surface area contributed by atoms with E-state index >= 15 is 0 Å². The molecule has 0 saturated carbocycles. The third-order valence-electron chi connectivity index (χ3n) is 2.20. The minimum absolute atomic E-state index is 0.181. The molecule has 0 aromatic heterocycles. The molecule has 1 aromatic rings. The number of carbonyl (C=O) groups is 1. The Bertz CT molecular complexity index is 381. The van der Waals surface area contributed by atoms with Crippen LogP contribution in [-0.2, 0) is 16.1 Å². The number of benzene rings is 1. The lowest BCUT2D eigenvalue weighted by molar-refractivity contribution is -0.137. The number of aliphatic carboxylic acids is 1. The molecule has 0 radical (unpaired) electrons. The number of nitrogens with two attached hydrogens (primary N) is 1. The molecule has 0 bridgehead atoms. The standard InChI is InChI=1S/C11H14FNO3/c1-16-6-8-3-2-7(4-9(8)12)10(13)5-11(14)15/h2-4,10H,5-6,13H2,1H3,(H,14,15). The first-order chi connectivity index (χ1) is 7.54. The van der Waals surface area contributed by atoms with Gasteiger partial charge in [-0.25, -0.2) is 4.39 Å². The van der Waals surface area contributed by atoms with Gasteiger partial charge in [0.25, 0.3) is 0 Å². The molecule has 0 saturated heterocycles. The lowest BCUT2D eigenvalue weighted by Gasteiger charge is -2.11. The van der Waals surface area contributed by atoms with Crippen molar-refractivity contribution in [3.63, 3.8) is 0 Å². The second kappa shape index (κ2) is 5.58. The summed E-state index contributed by atoms with van der Waals surface area (Å²) in [6.45, 7) is 0.181. The SMILES string of the molecule is COCc1ccc(C(N)CC(=O)O)cc1F. The number of carboxylic acid groups (broad SMARTS) is 1. The average Bonchev–Trinajstić information content (AvgIpc) is 2.20. The maximum absolute atomic E-state index is 13.5. The van der Waals surface area contributed by atoms with E-state index in [0.29, 0.717) is 11.1 Å². The van der Waals surface area contributed by atoms with Crippen molar-refractivity contribution in [1.29, 1.82) is 0 Å². The van der Waals surface area contributed by atoms with E-state index in [1.807, 2.05) is 0 Å². The number of ether oxygens (including phenoxy) is 1. The normalized spacial score (nSPS) is 12.4. The van der Waals surface area contributed by atoms with E-state index in [4.69, 9.17) is 15.6 Å². The molecule has 0 fully saturated rings. The number of carboxylic acids is 1. The Morgan fingerprint density at radius 1 is 1.62 bits per heavy atom. The van der Waals surface area contributed by atoms with E-state index in [0.717, 1.165) is 0 Å². The van der Waals surface area contributed by atoms with Gasteiger partial charge in [-0.3, -0.25) is 4.79 Å². The summed E-state index contributed by atoms with van der Waals surface area (Å²) in [5, 5.41) is 8.56. The highest BCUT2D eigenvalue weighted by atomic mass is 19.1. The molecule has 4 nitrogen and oxygen atoms in total. The van der Waals surface area contributed by atoms with Crippen molar-refractivity contribution in [3.05, 3.63) is 35.1 Å². The van der Waals surface area contributed by atoms with Crippen LogP contribution in [0.3, 0.4) is 0 Å². The Morgan fingerprint density at radius 3 is 2.81 bits per heavy atom. The fourth-order valence-electron chi connectivity index (χ4n) is 1.37. The topological polar surface area (TPSA) is 72.5 Å². The smallest absolute Gasteiger partial charge is 0.305 e. The predicted octanol–water partition coefficient (Wildman–Crippen LogP) is 1.45. The first-order valence-corrected chi connectivity index (χ1v) is 4.79. The van der Waals surface area contributed by atoms with Crippen LogP contribution in [0, 0.1) is 5.82 Å². The second-order valence-corrected chi connectivity index (χ2v) is 3.49. The number of halogens is 1. The van der Waals surface area contributed by atoms with Gasteiger partial charge in [-0.1, -0.05) is 12.1 Å². The van der Waals surface area contributed by atoms with Crippen LogP contribution >= 0.6 is 0 Å². The van der Waals surface area contributed by atoms with E-state index < -0.39 is 17.8 Å². The van der Waals surface area contributed by atoms with Gasteiger partial charge in [-0.05, 0) is 11.6 Å². The van der Waals surface area contributed by atoms with Crippen LogP contribution in [0.2, 0.25) is 0 Å². The highest BCUT2D eigenvalue weighted by Gasteiger charge is 2.12. The van der Waals surface area contributed by atoms with Crippen molar-refractivity contribution in [2.75, 3.05) is 7.11 Å². The fourth-order valence-corrected chi connectivity index (χ4v) is 1.37. The molecule has 0 amide bonds. The first-order valence-electron chi connectivity index (χ1n) is 4.79. The van der Waals surface area contributed by atoms with Gasteiger partial charge in [-0.2, -0.15) is 0 Å². The molecular formula is C11H14FNO3. The molecule has 1 rings (SSSR count). The van der Waals surface area contributed by atoms with Crippen LogP contribution in [0.5, 0.6) is 0 Å². The monoisotopic (exact) mass is 227 g/mol. The van der Waals surface area contributed by atoms with Crippen molar-refractivity contribution in [3.8, 4) is 0 Å². The second-order valence-electron chi connectivity index (χ2n) is 3.49. The fraction of sp³-hybridized carbons (Fsp3) is 0.364. The zero-order valence-corrected chi connectivity index (χ0v) is 8.94. The third-order valence-corrected chi connectivity index (χ3v) is 2.20. The summed E-state index contributed by atoms with van der Waals surface area (Å²) in [5.74, 6) is -1.44. The molecule has 3 N–H and O–H groups in total. The highest BCUT2D eigenvalue weighted by molar-refractivity contribution is 5.67. The number of hydrogen-bond acceptors (Lipinski definition) is 3. The molecule has 0 aliphatic heterocycles. The number of methoxy groups -OCH3 is 1. The molecule has 16 heavy (non-hydrogen) atoms. The van der Waals surface area contributed by atoms with Crippen LogP contribution < -0.4 is 5.73 Å². The zero-order valence-electron chi connectivity index (χ0n) is 8.94. The van der Waals surface area contributed by atoms with E-state index in [1.165, 1.54) is 13.2 Å². The van der Waals surface area contributed by atoms with Gasteiger partial charge in [0, 0.05) is 18.7 Å². The lowest BCUT2D eigenvalue weighted by Crippen LogP contribution is -2.15. The summed E-state index contributed by atoms with van der Waals surface area (Å²) in [6.07, 6.45) is -0.219. The van der Waals surface area contributed by atoms with Gasteiger partial charge in [0.1, 0.15) is 5.82 Å². The van der Waals surface area contributed by atoms with E-state index in [2.05, 4.69) is 0 Å². The van der Waals surface area contributed by atoms with Crippen molar-refractivity contribution in [1.82, 2.24) is 0 Å². The Hall–Kier alpha value is -1.46. The van der Waals surface area contributed by atoms with Gasteiger partial charge in [0.2, 0.25) is 0 Å². The Labute approximate surface area is 92.8 Å². The van der Waals surface area contributed by atoms with Crippen molar-refractivity contribution in [2.45, 2.75) is 19.1 Å². The Kier molecular flexibility index (Phi) is 4.39. The zero-order chi connectivity index (χ0) is 12.1. The summed E-state index contributed by atoms with van der Waals surface area (Å²) in [7, 11) is 1.48. The summed E-state index contributed by atoms with van der Waals surface area (Å²) >= 11 is 0. The molecular weight excluding hydrogens is 213 g/mol. The molecule has 1 atom stereocenters. The third kappa shape index (κ3) is 3.29. The van der Waals surface area contributed by atoms with Crippen LogP contribution in [0.4, 0.5) is 4.39 Å². The maximum Gasteiger partial charge on any atom is 0.305 e. The van der Waals surface area contributed by atoms with Crippen LogP contribution in [0.1, 0.15) is 23.6 Å². The number of rotatable bonds is 5. The molecule has 0 spiro atoms. The highest BCUT2D eigenvalue weighted by Crippen LogP contribution is 2.18. The molecule has 0 heterocycles. The van der Waals surface area contributed by atoms with Gasteiger partial charge >= 0.3 is 5.97 Å². The maximum atomic E-state index is 13.5. The van der Waals surface area contributed by atoms with Gasteiger partial charge < -0.3 is 15.6 Å². The summed E-state index contributed by atoms with van der Waals surface area (Å²) in [4.78, 5) is 10.4.